The lowest BCUT2D eigenvalue weighted by Crippen LogP contribution is -2.40. The van der Waals surface area contributed by atoms with Gasteiger partial charge in [0.15, 0.2) is 0 Å². The fourth-order valence-electron chi connectivity index (χ4n) is 4.26. The predicted molar refractivity (Wildman–Crippen MR) is 130 cm³/mol. The van der Waals surface area contributed by atoms with E-state index < -0.39 is 0 Å². The van der Waals surface area contributed by atoms with E-state index in [4.69, 9.17) is 0 Å². The van der Waals surface area contributed by atoms with Gasteiger partial charge in [0.1, 0.15) is 5.71 Å². The molecule has 1 aliphatic rings. The summed E-state index contributed by atoms with van der Waals surface area (Å²) in [6, 6.07) is 27.5. The number of carbonyl (C=O) groups excluding carboxylic acids is 2. The highest BCUT2D eigenvalue weighted by Gasteiger charge is 2.26. The summed E-state index contributed by atoms with van der Waals surface area (Å²) >= 11 is 0. The van der Waals surface area contributed by atoms with Crippen molar-refractivity contribution < 1.29 is 9.59 Å². The molecule has 0 spiro atoms. The van der Waals surface area contributed by atoms with Crippen molar-refractivity contribution in [1.82, 2.24) is 10.3 Å². The lowest BCUT2D eigenvalue weighted by atomic mass is 9.91. The Hall–Kier alpha value is -4.19. The smallest absolute Gasteiger partial charge is 0.267 e. The van der Waals surface area contributed by atoms with Crippen molar-refractivity contribution in [2.75, 3.05) is 11.6 Å². The van der Waals surface area contributed by atoms with Gasteiger partial charge in [-0.3, -0.25) is 9.59 Å². The van der Waals surface area contributed by atoms with Crippen molar-refractivity contribution in [3.05, 3.63) is 102 Å². The summed E-state index contributed by atoms with van der Waals surface area (Å²) in [4.78, 5) is 28.8. The van der Waals surface area contributed by atoms with Crippen LogP contribution in [0.15, 0.2) is 96.2 Å². The van der Waals surface area contributed by atoms with E-state index in [2.05, 4.69) is 33.6 Å². The molecule has 5 rings (SSSR count). The maximum Gasteiger partial charge on any atom is 0.267 e. The molecule has 0 aliphatic carbocycles. The molecule has 4 aromatic rings. The molecule has 1 unspecified atom stereocenters. The van der Waals surface area contributed by atoms with Crippen LogP contribution in [-0.2, 0) is 9.59 Å². The number of para-hydroxylation sites is 2. The van der Waals surface area contributed by atoms with Gasteiger partial charge in [-0.05, 0) is 29.3 Å². The monoisotopic (exact) mass is 436 g/mol. The number of nitrogens with one attached hydrogen (secondary N) is 2. The number of benzene rings is 3. The molecule has 0 fully saturated rings. The third kappa shape index (κ3) is 4.28. The van der Waals surface area contributed by atoms with E-state index in [1.807, 2.05) is 72.9 Å². The second kappa shape index (κ2) is 9.12. The Morgan fingerprint density at radius 3 is 2.42 bits per heavy atom. The highest BCUT2D eigenvalue weighted by atomic mass is 16.2. The molecule has 164 valence electrons. The number of aromatic amines is 1. The highest BCUT2D eigenvalue weighted by Crippen LogP contribution is 2.30. The van der Waals surface area contributed by atoms with Crippen molar-refractivity contribution in [2.24, 2.45) is 5.10 Å². The maximum absolute atomic E-state index is 13.1. The average Bonchev–Trinajstić information content (AvgIpc) is 3.29. The van der Waals surface area contributed by atoms with Crippen LogP contribution in [0.25, 0.3) is 10.9 Å². The summed E-state index contributed by atoms with van der Waals surface area (Å²) in [5.74, 6) is -0.384. The second-order valence-electron chi connectivity index (χ2n) is 8.05. The Bertz CT molecular complexity index is 1310. The first-order chi connectivity index (χ1) is 16.2. The molecule has 0 radical (unpaired) electrons. The summed E-state index contributed by atoms with van der Waals surface area (Å²) in [6.07, 6.45) is 2.60. The fraction of sp³-hybridized carbons (Fsp3) is 0.148. The number of carbonyl (C=O) groups is 2. The summed E-state index contributed by atoms with van der Waals surface area (Å²) in [6.45, 7) is 0.420. The minimum Gasteiger partial charge on any atom is -0.361 e. The van der Waals surface area contributed by atoms with Gasteiger partial charge >= 0.3 is 0 Å². The summed E-state index contributed by atoms with van der Waals surface area (Å²) in [7, 11) is 0. The van der Waals surface area contributed by atoms with Crippen molar-refractivity contribution in [3.8, 4) is 0 Å². The third-order valence-corrected chi connectivity index (χ3v) is 5.96. The molecule has 3 aromatic carbocycles. The molecule has 0 saturated heterocycles. The average molecular weight is 437 g/mol. The zero-order valence-electron chi connectivity index (χ0n) is 18.1. The van der Waals surface area contributed by atoms with Crippen LogP contribution in [0, 0.1) is 0 Å². The molecule has 6 heteroatoms. The van der Waals surface area contributed by atoms with E-state index in [1.165, 1.54) is 5.01 Å². The molecule has 33 heavy (non-hydrogen) atoms. The number of rotatable bonds is 6. The third-order valence-electron chi connectivity index (χ3n) is 5.96. The van der Waals surface area contributed by atoms with Crippen LogP contribution in [0.5, 0.6) is 0 Å². The Balaban J connectivity index is 1.39. The zero-order valence-corrected chi connectivity index (χ0v) is 18.1. The molecule has 2 amide bonds. The number of anilines is 1. The minimum absolute atomic E-state index is 0.0256. The Labute approximate surface area is 191 Å². The van der Waals surface area contributed by atoms with Crippen molar-refractivity contribution in [1.29, 1.82) is 0 Å². The number of amides is 2. The number of hydrogen-bond donors (Lipinski definition) is 2. The van der Waals surface area contributed by atoms with Gasteiger partial charge in [0.2, 0.25) is 5.91 Å². The van der Waals surface area contributed by atoms with Crippen molar-refractivity contribution >= 4 is 34.1 Å². The molecule has 2 N–H and O–H groups in total. The molecular formula is C27H24N4O2. The first-order valence-electron chi connectivity index (χ1n) is 11.1. The lowest BCUT2D eigenvalue weighted by Gasteiger charge is -2.24. The van der Waals surface area contributed by atoms with Crippen LogP contribution in [-0.4, -0.2) is 29.1 Å². The van der Waals surface area contributed by atoms with Gasteiger partial charge in [0.25, 0.3) is 5.91 Å². The van der Waals surface area contributed by atoms with Crippen molar-refractivity contribution in [2.45, 2.75) is 18.8 Å². The molecule has 0 bridgehead atoms. The minimum atomic E-state index is -0.246. The quantitative estimate of drug-likeness (QED) is 0.463. The SMILES string of the molecule is O=C(NCC(c1ccccc1)c1c[nH]c2ccccc12)C1=NN(c2ccccc2)C(=O)CC1. The first kappa shape index (κ1) is 20.7. The van der Waals surface area contributed by atoms with E-state index in [-0.39, 0.29) is 24.2 Å². The number of aromatic nitrogens is 1. The normalized spacial score (nSPS) is 14.7. The molecule has 0 saturated carbocycles. The Kier molecular flexibility index (Phi) is 5.72. The second-order valence-corrected chi connectivity index (χ2v) is 8.05. The van der Waals surface area contributed by atoms with Crippen LogP contribution >= 0.6 is 0 Å². The van der Waals surface area contributed by atoms with E-state index >= 15 is 0 Å². The number of H-pyrrole nitrogens is 1. The topological polar surface area (TPSA) is 77.6 Å². The van der Waals surface area contributed by atoms with Crippen LogP contribution in [0.4, 0.5) is 5.69 Å². The van der Waals surface area contributed by atoms with Gasteiger partial charge in [-0.2, -0.15) is 5.10 Å². The number of fused-ring (bicyclic) bond motifs is 1. The fourth-order valence-corrected chi connectivity index (χ4v) is 4.26. The lowest BCUT2D eigenvalue weighted by molar-refractivity contribution is -0.118. The van der Waals surface area contributed by atoms with E-state index in [9.17, 15) is 9.59 Å². The zero-order chi connectivity index (χ0) is 22.6. The van der Waals surface area contributed by atoms with Crippen LogP contribution in [0.3, 0.4) is 0 Å². The number of nitrogens with zero attached hydrogens (tertiary/aromatic N) is 2. The summed E-state index contributed by atoms with van der Waals surface area (Å²) < 4.78 is 0. The Morgan fingerprint density at radius 1 is 0.939 bits per heavy atom. The summed E-state index contributed by atoms with van der Waals surface area (Å²) in [5, 5.41) is 9.91. The molecule has 2 heterocycles. The molecule has 1 aromatic heterocycles. The predicted octanol–water partition coefficient (Wildman–Crippen LogP) is 4.60. The van der Waals surface area contributed by atoms with Crippen LogP contribution in [0.1, 0.15) is 29.9 Å². The van der Waals surface area contributed by atoms with Crippen LogP contribution in [0.2, 0.25) is 0 Å². The van der Waals surface area contributed by atoms with E-state index in [0.717, 1.165) is 22.0 Å². The van der Waals surface area contributed by atoms with Gasteiger partial charge in [-0.15, -0.1) is 0 Å². The maximum atomic E-state index is 13.1. The van der Waals surface area contributed by atoms with Gasteiger partial charge in [-0.1, -0.05) is 66.7 Å². The van der Waals surface area contributed by atoms with Gasteiger partial charge < -0.3 is 10.3 Å². The molecule has 6 nitrogen and oxygen atoms in total. The molecular weight excluding hydrogens is 412 g/mol. The molecule has 1 atom stereocenters. The Morgan fingerprint density at radius 2 is 1.64 bits per heavy atom. The van der Waals surface area contributed by atoms with E-state index in [1.54, 1.807) is 0 Å². The first-order valence-corrected chi connectivity index (χ1v) is 11.1. The number of hydrogen-bond acceptors (Lipinski definition) is 3. The molecule has 1 aliphatic heterocycles. The highest BCUT2D eigenvalue weighted by molar-refractivity contribution is 6.40. The van der Waals surface area contributed by atoms with E-state index in [0.29, 0.717) is 24.4 Å². The van der Waals surface area contributed by atoms with Crippen molar-refractivity contribution in [3.63, 3.8) is 0 Å². The van der Waals surface area contributed by atoms with Gasteiger partial charge in [-0.25, -0.2) is 5.01 Å². The standard InChI is InChI=1S/C27H24N4O2/c32-26-16-15-25(30-31(26)20-11-5-2-6-12-20)27(33)29-17-22(19-9-3-1-4-10-19)23-18-28-24-14-8-7-13-21(23)24/h1-14,18,22,28H,15-17H2,(H,29,33). The number of hydrazone groups is 1. The summed E-state index contributed by atoms with van der Waals surface area (Å²) in [5.41, 5.74) is 4.34. The van der Waals surface area contributed by atoms with Gasteiger partial charge in [0, 0.05) is 42.4 Å². The largest absolute Gasteiger partial charge is 0.361 e. The van der Waals surface area contributed by atoms with Crippen LogP contribution < -0.4 is 10.3 Å². The van der Waals surface area contributed by atoms with Gasteiger partial charge in [0.05, 0.1) is 5.69 Å².